The molecular weight excluding hydrogens is 398 g/mol. The molecule has 4 aromatic rings. The Hall–Kier alpha value is -3.45. The van der Waals surface area contributed by atoms with E-state index in [9.17, 15) is 13.2 Å². The van der Waals surface area contributed by atoms with E-state index in [0.29, 0.717) is 28.1 Å². The third-order valence-electron chi connectivity index (χ3n) is 5.02. The zero-order chi connectivity index (χ0) is 21.3. The monoisotopic (exact) mass is 419 g/mol. The summed E-state index contributed by atoms with van der Waals surface area (Å²) in [5, 5.41) is 0.537. The molecule has 1 heterocycles. The number of benzene rings is 3. The third kappa shape index (κ3) is 3.71. The number of hydrogen-bond acceptors (Lipinski definition) is 4. The van der Waals surface area contributed by atoms with Crippen molar-refractivity contribution in [2.24, 2.45) is 0 Å². The SMILES string of the molecule is Cc1nc2ccccc2c(=O)n1-c1ccc(N(C)S(=O)(=O)Cc2ccccc2)cc1. The molecule has 0 aliphatic rings. The molecule has 0 radical (unpaired) electrons. The number of aryl methyl sites for hydroxylation is 1. The van der Waals surface area contributed by atoms with E-state index < -0.39 is 10.0 Å². The highest BCUT2D eigenvalue weighted by molar-refractivity contribution is 7.92. The molecule has 0 amide bonds. The van der Waals surface area contributed by atoms with E-state index in [1.807, 2.05) is 30.3 Å². The van der Waals surface area contributed by atoms with Crippen LogP contribution in [0.2, 0.25) is 0 Å². The summed E-state index contributed by atoms with van der Waals surface area (Å²) in [4.78, 5) is 17.5. The first-order chi connectivity index (χ1) is 14.4. The van der Waals surface area contributed by atoms with E-state index in [-0.39, 0.29) is 11.3 Å². The second kappa shape index (κ2) is 7.76. The lowest BCUT2D eigenvalue weighted by molar-refractivity contribution is 0.593. The fourth-order valence-electron chi connectivity index (χ4n) is 3.40. The van der Waals surface area contributed by atoms with E-state index in [2.05, 4.69) is 4.98 Å². The zero-order valence-corrected chi connectivity index (χ0v) is 17.5. The molecule has 0 aliphatic carbocycles. The van der Waals surface area contributed by atoms with E-state index >= 15 is 0 Å². The van der Waals surface area contributed by atoms with E-state index in [0.717, 1.165) is 5.56 Å². The lowest BCUT2D eigenvalue weighted by atomic mass is 10.2. The van der Waals surface area contributed by atoms with Crippen LogP contribution >= 0.6 is 0 Å². The Kier molecular flexibility index (Phi) is 5.13. The topological polar surface area (TPSA) is 72.3 Å². The second-order valence-electron chi connectivity index (χ2n) is 7.04. The van der Waals surface area contributed by atoms with Crippen LogP contribution in [-0.4, -0.2) is 25.0 Å². The number of hydrogen-bond donors (Lipinski definition) is 0. The molecule has 30 heavy (non-hydrogen) atoms. The predicted octanol–water partition coefficient (Wildman–Crippen LogP) is 3.66. The van der Waals surface area contributed by atoms with Gasteiger partial charge in [0, 0.05) is 7.05 Å². The molecule has 0 atom stereocenters. The molecule has 4 rings (SSSR count). The van der Waals surface area contributed by atoms with Crippen molar-refractivity contribution in [3.63, 3.8) is 0 Å². The van der Waals surface area contributed by atoms with Gasteiger partial charge >= 0.3 is 0 Å². The minimum Gasteiger partial charge on any atom is -0.273 e. The normalized spacial score (nSPS) is 11.5. The molecule has 0 unspecified atom stereocenters. The van der Waals surface area contributed by atoms with Crippen molar-refractivity contribution >= 4 is 26.6 Å². The first-order valence-corrected chi connectivity index (χ1v) is 11.1. The van der Waals surface area contributed by atoms with Crippen LogP contribution in [0.4, 0.5) is 5.69 Å². The van der Waals surface area contributed by atoms with Crippen LogP contribution in [-0.2, 0) is 15.8 Å². The lowest BCUT2D eigenvalue weighted by Crippen LogP contribution is -2.28. The van der Waals surface area contributed by atoms with Gasteiger partial charge in [-0.15, -0.1) is 0 Å². The zero-order valence-electron chi connectivity index (χ0n) is 16.7. The molecule has 0 bridgehead atoms. The van der Waals surface area contributed by atoms with Gasteiger partial charge < -0.3 is 0 Å². The van der Waals surface area contributed by atoms with Gasteiger partial charge in [-0.2, -0.15) is 0 Å². The minimum absolute atomic E-state index is 0.0841. The molecule has 0 saturated carbocycles. The summed E-state index contributed by atoms with van der Waals surface area (Å²) in [6, 6.07) is 23.1. The van der Waals surface area contributed by atoms with Gasteiger partial charge in [0.05, 0.1) is 28.0 Å². The summed E-state index contributed by atoms with van der Waals surface area (Å²) in [5.41, 5.74) is 2.38. The number of rotatable bonds is 5. The molecule has 7 heteroatoms. The first-order valence-electron chi connectivity index (χ1n) is 9.46. The summed E-state index contributed by atoms with van der Waals surface area (Å²) < 4.78 is 28.3. The van der Waals surface area contributed by atoms with Gasteiger partial charge in [0.15, 0.2) is 0 Å². The fourth-order valence-corrected chi connectivity index (χ4v) is 4.65. The Morgan fingerprint density at radius 3 is 2.23 bits per heavy atom. The molecule has 0 saturated heterocycles. The van der Waals surface area contributed by atoms with Crippen molar-refractivity contribution in [3.05, 3.63) is 101 Å². The number of aromatic nitrogens is 2. The van der Waals surface area contributed by atoms with Gasteiger partial charge in [-0.05, 0) is 48.9 Å². The summed E-state index contributed by atoms with van der Waals surface area (Å²) >= 11 is 0. The second-order valence-corrected chi connectivity index (χ2v) is 9.04. The van der Waals surface area contributed by atoms with Gasteiger partial charge in [0.1, 0.15) is 5.82 Å². The predicted molar refractivity (Wildman–Crippen MR) is 120 cm³/mol. The van der Waals surface area contributed by atoms with Crippen LogP contribution in [0.25, 0.3) is 16.6 Å². The van der Waals surface area contributed by atoms with Gasteiger partial charge in [0.25, 0.3) is 5.56 Å². The first kappa shape index (κ1) is 19.8. The molecule has 3 aromatic carbocycles. The average molecular weight is 420 g/mol. The summed E-state index contributed by atoms with van der Waals surface area (Å²) in [7, 11) is -2.01. The fraction of sp³-hybridized carbons (Fsp3) is 0.130. The Morgan fingerprint density at radius 2 is 1.53 bits per heavy atom. The maximum absolute atomic E-state index is 12.9. The van der Waals surface area contributed by atoms with Gasteiger partial charge in [-0.3, -0.25) is 13.7 Å². The molecular formula is C23H21N3O3S. The van der Waals surface area contributed by atoms with Gasteiger partial charge in [-0.25, -0.2) is 13.4 Å². The molecule has 0 aliphatic heterocycles. The number of nitrogens with zero attached hydrogens (tertiary/aromatic N) is 3. The van der Waals surface area contributed by atoms with Gasteiger partial charge in [-0.1, -0.05) is 42.5 Å². The summed E-state index contributed by atoms with van der Waals surface area (Å²) in [6.07, 6.45) is 0. The molecule has 6 nitrogen and oxygen atoms in total. The Bertz CT molecular complexity index is 1360. The summed E-state index contributed by atoms with van der Waals surface area (Å²) in [5.74, 6) is 0.482. The van der Waals surface area contributed by atoms with Crippen LogP contribution in [0, 0.1) is 6.92 Å². The van der Waals surface area contributed by atoms with Crippen molar-refractivity contribution in [1.82, 2.24) is 9.55 Å². The maximum atomic E-state index is 12.9. The lowest BCUT2D eigenvalue weighted by Gasteiger charge is -2.20. The smallest absolute Gasteiger partial charge is 0.265 e. The van der Waals surface area contributed by atoms with E-state index in [1.165, 1.54) is 15.9 Å². The Morgan fingerprint density at radius 1 is 0.900 bits per heavy atom. The Labute approximate surface area is 175 Å². The maximum Gasteiger partial charge on any atom is 0.265 e. The highest BCUT2D eigenvalue weighted by Gasteiger charge is 2.19. The van der Waals surface area contributed by atoms with Crippen LogP contribution in [0.3, 0.4) is 0 Å². The molecule has 0 spiro atoms. The average Bonchev–Trinajstić information content (AvgIpc) is 2.74. The molecule has 0 fully saturated rings. The van der Waals surface area contributed by atoms with Crippen LogP contribution < -0.4 is 9.86 Å². The van der Waals surface area contributed by atoms with Crippen molar-refractivity contribution in [2.75, 3.05) is 11.4 Å². The van der Waals surface area contributed by atoms with Gasteiger partial charge in [0.2, 0.25) is 10.0 Å². The largest absolute Gasteiger partial charge is 0.273 e. The number of anilines is 1. The van der Waals surface area contributed by atoms with E-state index in [1.54, 1.807) is 55.5 Å². The third-order valence-corrected chi connectivity index (χ3v) is 6.77. The standard InChI is InChI=1S/C23H21N3O3S/c1-17-24-22-11-7-6-10-21(22)23(27)26(17)20-14-12-19(13-15-20)25(2)30(28,29)16-18-8-4-3-5-9-18/h3-15H,16H2,1-2H3. The quantitative estimate of drug-likeness (QED) is 0.495. The van der Waals surface area contributed by atoms with Crippen LogP contribution in [0.1, 0.15) is 11.4 Å². The summed E-state index contributed by atoms with van der Waals surface area (Å²) in [6.45, 7) is 1.78. The highest BCUT2D eigenvalue weighted by atomic mass is 32.2. The van der Waals surface area contributed by atoms with Crippen molar-refractivity contribution in [1.29, 1.82) is 0 Å². The van der Waals surface area contributed by atoms with Crippen molar-refractivity contribution in [2.45, 2.75) is 12.7 Å². The van der Waals surface area contributed by atoms with Crippen molar-refractivity contribution < 1.29 is 8.42 Å². The molecule has 1 aromatic heterocycles. The minimum atomic E-state index is -3.54. The molecule has 0 N–H and O–H groups in total. The highest BCUT2D eigenvalue weighted by Crippen LogP contribution is 2.21. The van der Waals surface area contributed by atoms with Crippen molar-refractivity contribution in [3.8, 4) is 5.69 Å². The van der Waals surface area contributed by atoms with Crippen LogP contribution in [0.15, 0.2) is 83.7 Å². The number of fused-ring (bicyclic) bond motifs is 1. The number of sulfonamides is 1. The molecule has 152 valence electrons. The number of para-hydroxylation sites is 1. The van der Waals surface area contributed by atoms with E-state index in [4.69, 9.17) is 0 Å². The Balaban J connectivity index is 1.67. The van der Waals surface area contributed by atoms with Crippen LogP contribution in [0.5, 0.6) is 0 Å².